The Kier molecular flexibility index (Phi) is 10.1. The van der Waals surface area contributed by atoms with Gasteiger partial charge in [0.1, 0.15) is 17.1 Å². The van der Waals surface area contributed by atoms with Crippen LogP contribution in [0.3, 0.4) is 0 Å². The molecular formula is C28H38N6O3S. The summed E-state index contributed by atoms with van der Waals surface area (Å²) in [5, 5.41) is 8.69. The summed E-state index contributed by atoms with van der Waals surface area (Å²) in [7, 11) is 0. The van der Waals surface area contributed by atoms with E-state index in [-0.39, 0.29) is 12.5 Å². The van der Waals surface area contributed by atoms with Gasteiger partial charge in [0.2, 0.25) is 0 Å². The van der Waals surface area contributed by atoms with Gasteiger partial charge in [0, 0.05) is 24.0 Å². The highest BCUT2D eigenvalue weighted by Crippen LogP contribution is 2.17. The highest BCUT2D eigenvalue weighted by Gasteiger charge is 2.24. The lowest BCUT2D eigenvalue weighted by atomic mass is 10.2. The number of imidazole rings is 1. The van der Waals surface area contributed by atoms with Crippen molar-refractivity contribution in [3.05, 3.63) is 69.7 Å². The van der Waals surface area contributed by atoms with Crippen molar-refractivity contribution in [3.63, 3.8) is 0 Å². The van der Waals surface area contributed by atoms with Gasteiger partial charge in [-0.3, -0.25) is 4.79 Å². The van der Waals surface area contributed by atoms with Crippen LogP contribution in [-0.2, 0) is 17.7 Å². The molecule has 10 heteroatoms. The number of allylic oxidation sites excluding steroid dienone is 2. The molecule has 3 aromatic rings. The lowest BCUT2D eigenvalue weighted by molar-refractivity contribution is 0.0231. The van der Waals surface area contributed by atoms with Crippen LogP contribution in [0.1, 0.15) is 69.3 Å². The van der Waals surface area contributed by atoms with E-state index in [1.165, 1.54) is 16.9 Å². The third-order valence-electron chi connectivity index (χ3n) is 5.71. The molecule has 0 aliphatic rings. The van der Waals surface area contributed by atoms with E-state index in [1.54, 1.807) is 10.3 Å². The number of aromatic amines is 1. The Morgan fingerprint density at radius 1 is 1.21 bits per heavy atom. The van der Waals surface area contributed by atoms with Crippen LogP contribution in [0.2, 0.25) is 0 Å². The molecule has 0 bridgehead atoms. The lowest BCUT2D eigenvalue weighted by Gasteiger charge is -2.26. The van der Waals surface area contributed by atoms with Gasteiger partial charge in [-0.25, -0.2) is 14.8 Å². The fraction of sp³-hybridized carbons (Fsp3) is 0.429. The first-order chi connectivity index (χ1) is 18.1. The minimum Gasteiger partial charge on any atom is -0.444 e. The lowest BCUT2D eigenvalue weighted by Crippen LogP contribution is -2.38. The monoisotopic (exact) mass is 538 g/mol. The summed E-state index contributed by atoms with van der Waals surface area (Å²) in [5.41, 5.74) is 3.64. The first-order valence-corrected chi connectivity index (χ1v) is 13.7. The molecule has 0 unspecified atom stereocenters. The number of benzene rings is 1. The molecular weight excluding hydrogens is 500 g/mol. The number of carbonyl (C=O) groups excluding carboxylic acids is 2. The van der Waals surface area contributed by atoms with Crippen LogP contribution in [0.25, 0.3) is 11.0 Å². The molecule has 3 N–H and O–H groups in total. The Morgan fingerprint density at radius 2 is 1.97 bits per heavy atom. The van der Waals surface area contributed by atoms with Gasteiger partial charge >= 0.3 is 6.09 Å². The molecule has 204 valence electrons. The summed E-state index contributed by atoms with van der Waals surface area (Å²) in [6.45, 7) is 12.6. The molecule has 0 saturated carbocycles. The maximum absolute atomic E-state index is 13.0. The van der Waals surface area contributed by atoms with Gasteiger partial charge in [-0.05, 0) is 59.4 Å². The number of aromatic nitrogens is 3. The summed E-state index contributed by atoms with van der Waals surface area (Å²) in [6.07, 6.45) is 4.71. The predicted molar refractivity (Wildman–Crippen MR) is 152 cm³/mol. The van der Waals surface area contributed by atoms with Crippen LogP contribution in [0.15, 0.2) is 53.2 Å². The SMILES string of the molecule is C/C=C\N/C(CNC(=O)c1csc(CCN(Cc2nc3ccccc3[nH]2)C(=O)OC(C)(C)C)n1)=C(/C)CC. The Bertz CT molecular complexity index is 1270. The number of thiazole rings is 1. The summed E-state index contributed by atoms with van der Waals surface area (Å²) < 4.78 is 5.64. The van der Waals surface area contributed by atoms with Gasteiger partial charge in [0.15, 0.2) is 0 Å². The largest absolute Gasteiger partial charge is 0.444 e. The molecule has 0 aliphatic carbocycles. The summed E-state index contributed by atoms with van der Waals surface area (Å²) >= 11 is 1.40. The van der Waals surface area contributed by atoms with Crippen molar-refractivity contribution in [2.75, 3.05) is 13.1 Å². The van der Waals surface area contributed by atoms with E-state index in [2.05, 4.69) is 32.5 Å². The zero-order valence-corrected chi connectivity index (χ0v) is 23.9. The van der Waals surface area contributed by atoms with Crippen molar-refractivity contribution in [2.24, 2.45) is 0 Å². The number of carbonyl (C=O) groups is 2. The number of hydrogen-bond acceptors (Lipinski definition) is 7. The normalized spacial score (nSPS) is 12.5. The smallest absolute Gasteiger partial charge is 0.410 e. The van der Waals surface area contributed by atoms with Gasteiger partial charge in [-0.1, -0.05) is 30.7 Å². The third kappa shape index (κ3) is 8.44. The van der Waals surface area contributed by atoms with Crippen LogP contribution >= 0.6 is 11.3 Å². The number of rotatable bonds is 11. The summed E-state index contributed by atoms with van der Waals surface area (Å²) in [5.74, 6) is 0.441. The average molecular weight is 539 g/mol. The second-order valence-electron chi connectivity index (χ2n) is 9.92. The van der Waals surface area contributed by atoms with E-state index in [4.69, 9.17) is 4.74 Å². The van der Waals surface area contributed by atoms with Crippen molar-refractivity contribution >= 4 is 34.4 Å². The Balaban J connectivity index is 1.65. The minimum absolute atomic E-state index is 0.234. The molecule has 9 nitrogen and oxygen atoms in total. The molecule has 0 saturated heterocycles. The predicted octanol–water partition coefficient (Wildman–Crippen LogP) is 5.54. The van der Waals surface area contributed by atoms with Crippen molar-refractivity contribution in [3.8, 4) is 0 Å². The standard InChI is InChI=1S/C28H38N6O3S/c1-7-14-29-22(19(3)8-2)16-30-26(35)23-18-38-25(33-23)13-15-34(27(36)37-28(4,5)6)17-24-31-20-11-9-10-12-21(20)32-24/h7,9-12,14,18,29H,8,13,15-17H2,1-6H3,(H,30,35)(H,31,32)/b14-7-,22-19-. The molecule has 2 amide bonds. The molecule has 0 fully saturated rings. The zero-order chi connectivity index (χ0) is 27.7. The maximum atomic E-state index is 13.0. The fourth-order valence-corrected chi connectivity index (χ4v) is 4.33. The number of hydrogen-bond donors (Lipinski definition) is 3. The van der Waals surface area contributed by atoms with E-state index in [1.807, 2.05) is 71.2 Å². The number of H-pyrrole nitrogens is 1. The van der Waals surface area contributed by atoms with Crippen molar-refractivity contribution < 1.29 is 14.3 Å². The number of para-hydroxylation sites is 2. The number of nitrogens with one attached hydrogen (secondary N) is 3. The van der Waals surface area contributed by atoms with Crippen LogP contribution < -0.4 is 10.6 Å². The fourth-order valence-electron chi connectivity index (χ4n) is 3.56. The summed E-state index contributed by atoms with van der Waals surface area (Å²) in [4.78, 5) is 39.7. The van der Waals surface area contributed by atoms with Gasteiger partial charge in [-0.2, -0.15) is 0 Å². The highest BCUT2D eigenvalue weighted by molar-refractivity contribution is 7.09. The summed E-state index contributed by atoms with van der Waals surface area (Å²) in [6, 6.07) is 7.74. The number of fused-ring (bicyclic) bond motifs is 1. The van der Waals surface area contributed by atoms with E-state index < -0.39 is 11.7 Å². The molecule has 1 aromatic carbocycles. The quantitative estimate of drug-likeness (QED) is 0.296. The molecule has 38 heavy (non-hydrogen) atoms. The first-order valence-electron chi connectivity index (χ1n) is 12.8. The second kappa shape index (κ2) is 13.2. The first kappa shape index (κ1) is 28.9. The number of ether oxygens (including phenoxy) is 1. The van der Waals surface area contributed by atoms with E-state index >= 15 is 0 Å². The van der Waals surface area contributed by atoms with Crippen LogP contribution in [0.5, 0.6) is 0 Å². The third-order valence-corrected chi connectivity index (χ3v) is 6.61. The molecule has 2 aromatic heterocycles. The molecule has 2 heterocycles. The van der Waals surface area contributed by atoms with Crippen molar-refractivity contribution in [2.45, 2.75) is 66.5 Å². The van der Waals surface area contributed by atoms with Crippen LogP contribution in [0, 0.1) is 0 Å². The van der Waals surface area contributed by atoms with Gasteiger partial charge in [-0.15, -0.1) is 11.3 Å². The molecule has 0 radical (unpaired) electrons. The topological polar surface area (TPSA) is 112 Å². The molecule has 0 atom stereocenters. The molecule has 0 spiro atoms. The Morgan fingerprint density at radius 3 is 2.66 bits per heavy atom. The van der Waals surface area contributed by atoms with Gasteiger partial charge in [0.05, 0.1) is 29.1 Å². The van der Waals surface area contributed by atoms with E-state index in [9.17, 15) is 9.59 Å². The number of amides is 2. The maximum Gasteiger partial charge on any atom is 0.410 e. The van der Waals surface area contributed by atoms with Gasteiger partial charge < -0.3 is 25.3 Å². The van der Waals surface area contributed by atoms with Gasteiger partial charge in [0.25, 0.3) is 5.91 Å². The van der Waals surface area contributed by atoms with E-state index in [0.29, 0.717) is 31.0 Å². The zero-order valence-electron chi connectivity index (χ0n) is 23.1. The van der Waals surface area contributed by atoms with Crippen molar-refractivity contribution in [1.82, 2.24) is 30.5 Å². The Labute approximate surface area is 228 Å². The Hall–Kier alpha value is -3.66. The number of nitrogens with zero attached hydrogens (tertiary/aromatic N) is 3. The van der Waals surface area contributed by atoms with Crippen LogP contribution in [0.4, 0.5) is 4.79 Å². The molecule has 0 aliphatic heterocycles. The highest BCUT2D eigenvalue weighted by atomic mass is 32.1. The van der Waals surface area contributed by atoms with Crippen molar-refractivity contribution in [1.29, 1.82) is 0 Å². The second-order valence-corrected chi connectivity index (χ2v) is 10.9. The molecule has 3 rings (SSSR count). The average Bonchev–Trinajstić information content (AvgIpc) is 3.51. The minimum atomic E-state index is -0.624. The van der Waals surface area contributed by atoms with E-state index in [0.717, 1.165) is 28.2 Å². The van der Waals surface area contributed by atoms with Crippen LogP contribution in [-0.4, -0.2) is 50.5 Å².